The van der Waals surface area contributed by atoms with Crippen molar-refractivity contribution in [2.45, 2.75) is 40.2 Å². The molecule has 6 heteroatoms. The summed E-state index contributed by atoms with van der Waals surface area (Å²) in [5.74, 6) is 0.435. The van der Waals surface area contributed by atoms with Crippen molar-refractivity contribution in [3.63, 3.8) is 0 Å². The molecule has 0 spiro atoms. The number of aryl methyl sites for hydroxylation is 1. The Labute approximate surface area is 142 Å². The molecule has 0 aliphatic rings. The van der Waals surface area contributed by atoms with E-state index in [1.807, 2.05) is 31.2 Å². The lowest BCUT2D eigenvalue weighted by atomic mass is 10.0. The van der Waals surface area contributed by atoms with Crippen LogP contribution < -0.4 is 10.5 Å². The summed E-state index contributed by atoms with van der Waals surface area (Å²) in [5.41, 5.74) is 7.81. The number of hydrogen-bond acceptors (Lipinski definition) is 6. The van der Waals surface area contributed by atoms with Gasteiger partial charge in [0.25, 0.3) is 0 Å². The van der Waals surface area contributed by atoms with Crippen LogP contribution in [0, 0.1) is 6.92 Å². The van der Waals surface area contributed by atoms with Gasteiger partial charge in [-0.05, 0) is 51.5 Å². The molecule has 1 unspecified atom stereocenters. The average Bonchev–Trinajstić information content (AvgIpc) is 2.54. The third-order valence-corrected chi connectivity index (χ3v) is 3.63. The third kappa shape index (κ3) is 4.01. The molecule has 24 heavy (non-hydrogen) atoms. The molecule has 0 saturated carbocycles. The first-order valence-electron chi connectivity index (χ1n) is 8.04. The zero-order chi connectivity index (χ0) is 17.7. The molecule has 1 aromatic heterocycles. The van der Waals surface area contributed by atoms with Crippen molar-refractivity contribution in [2.75, 3.05) is 12.3 Å². The van der Waals surface area contributed by atoms with E-state index in [1.54, 1.807) is 13.8 Å². The summed E-state index contributed by atoms with van der Waals surface area (Å²) >= 11 is 0. The van der Waals surface area contributed by atoms with Gasteiger partial charge in [-0.1, -0.05) is 6.92 Å². The van der Waals surface area contributed by atoms with Gasteiger partial charge in [0.2, 0.25) is 5.95 Å². The smallest absolute Gasteiger partial charge is 0.342 e. The van der Waals surface area contributed by atoms with Gasteiger partial charge in [0.05, 0.1) is 24.1 Å². The summed E-state index contributed by atoms with van der Waals surface area (Å²) in [6, 6.07) is 7.40. The van der Waals surface area contributed by atoms with Crippen LogP contribution in [0.3, 0.4) is 0 Å². The number of nitrogen functional groups attached to an aromatic ring is 1. The molecule has 0 fully saturated rings. The van der Waals surface area contributed by atoms with Crippen LogP contribution in [0.2, 0.25) is 0 Å². The fraction of sp³-hybridized carbons (Fsp3) is 0.389. The Balaban J connectivity index is 2.42. The lowest BCUT2D eigenvalue weighted by Gasteiger charge is -2.14. The Kier molecular flexibility index (Phi) is 5.73. The molecule has 2 aromatic rings. The number of benzene rings is 1. The van der Waals surface area contributed by atoms with Crippen LogP contribution in [0.15, 0.2) is 24.3 Å². The van der Waals surface area contributed by atoms with Gasteiger partial charge in [-0.25, -0.2) is 14.8 Å². The zero-order valence-electron chi connectivity index (χ0n) is 14.5. The van der Waals surface area contributed by atoms with Crippen molar-refractivity contribution in [3.05, 3.63) is 35.5 Å². The second-order valence-electron chi connectivity index (χ2n) is 5.47. The van der Waals surface area contributed by atoms with Crippen LogP contribution >= 0.6 is 0 Å². The van der Waals surface area contributed by atoms with Crippen LogP contribution in [-0.4, -0.2) is 28.6 Å². The maximum absolute atomic E-state index is 12.3. The first-order chi connectivity index (χ1) is 11.5. The van der Waals surface area contributed by atoms with Crippen molar-refractivity contribution >= 4 is 11.9 Å². The van der Waals surface area contributed by atoms with E-state index in [4.69, 9.17) is 15.2 Å². The van der Waals surface area contributed by atoms with Gasteiger partial charge in [0.1, 0.15) is 11.3 Å². The molecule has 0 amide bonds. The van der Waals surface area contributed by atoms with Gasteiger partial charge in [-0.3, -0.25) is 0 Å². The van der Waals surface area contributed by atoms with Gasteiger partial charge in [0.15, 0.2) is 0 Å². The first-order valence-corrected chi connectivity index (χ1v) is 8.04. The van der Waals surface area contributed by atoms with E-state index in [9.17, 15) is 4.79 Å². The molecular weight excluding hydrogens is 306 g/mol. The van der Waals surface area contributed by atoms with Crippen LogP contribution in [0.5, 0.6) is 5.75 Å². The quantitative estimate of drug-likeness (QED) is 0.817. The van der Waals surface area contributed by atoms with E-state index in [-0.39, 0.29) is 18.7 Å². The van der Waals surface area contributed by atoms with Gasteiger partial charge in [0, 0.05) is 5.56 Å². The minimum Gasteiger partial charge on any atom is -0.491 e. The van der Waals surface area contributed by atoms with Gasteiger partial charge in [-0.2, -0.15) is 0 Å². The second kappa shape index (κ2) is 7.77. The monoisotopic (exact) mass is 329 g/mol. The number of nitrogens with two attached hydrogens (primary N) is 1. The largest absolute Gasteiger partial charge is 0.491 e. The average molecular weight is 329 g/mol. The number of esters is 1. The molecule has 0 aliphatic carbocycles. The van der Waals surface area contributed by atoms with Crippen LogP contribution in [0.4, 0.5) is 5.95 Å². The van der Waals surface area contributed by atoms with Crippen molar-refractivity contribution in [3.8, 4) is 17.0 Å². The normalized spacial score (nSPS) is 11.8. The Bertz CT molecular complexity index is 714. The van der Waals surface area contributed by atoms with E-state index in [0.29, 0.717) is 17.0 Å². The van der Waals surface area contributed by atoms with Crippen molar-refractivity contribution < 1.29 is 14.3 Å². The number of carbonyl (C=O) groups is 1. The Morgan fingerprint density at radius 2 is 1.88 bits per heavy atom. The molecule has 1 atom stereocenters. The second-order valence-corrected chi connectivity index (χ2v) is 5.47. The fourth-order valence-corrected chi connectivity index (χ4v) is 2.26. The first kappa shape index (κ1) is 17.7. The number of anilines is 1. The van der Waals surface area contributed by atoms with Gasteiger partial charge < -0.3 is 15.2 Å². The topological polar surface area (TPSA) is 87.3 Å². The van der Waals surface area contributed by atoms with Crippen LogP contribution in [0.25, 0.3) is 11.3 Å². The standard InChI is InChI=1S/C18H23N3O3/c1-5-11(3)24-14-9-7-13(8-10-14)16-15(17(22)23-6-2)12(4)20-18(19)21-16/h7-11H,5-6H2,1-4H3,(H2,19,20,21). The number of carbonyl (C=O) groups excluding carboxylic acids is 1. The number of nitrogens with zero attached hydrogens (tertiary/aromatic N) is 2. The highest BCUT2D eigenvalue weighted by atomic mass is 16.5. The maximum atomic E-state index is 12.3. The van der Waals surface area contributed by atoms with E-state index in [0.717, 1.165) is 17.7 Å². The Morgan fingerprint density at radius 3 is 2.46 bits per heavy atom. The van der Waals surface area contributed by atoms with Crippen molar-refractivity contribution in [2.24, 2.45) is 0 Å². The number of ether oxygens (including phenoxy) is 2. The number of rotatable bonds is 6. The van der Waals surface area contributed by atoms with Gasteiger partial charge >= 0.3 is 5.97 Å². The number of aromatic nitrogens is 2. The molecule has 0 aliphatic heterocycles. The minimum absolute atomic E-state index is 0.121. The lowest BCUT2D eigenvalue weighted by Crippen LogP contribution is -2.13. The van der Waals surface area contributed by atoms with Crippen LogP contribution in [0.1, 0.15) is 43.2 Å². The zero-order valence-corrected chi connectivity index (χ0v) is 14.5. The Hall–Kier alpha value is -2.63. The van der Waals surface area contributed by atoms with E-state index in [1.165, 1.54) is 0 Å². The molecule has 0 saturated heterocycles. The molecule has 2 rings (SSSR count). The highest BCUT2D eigenvalue weighted by Crippen LogP contribution is 2.27. The molecule has 2 N–H and O–H groups in total. The van der Waals surface area contributed by atoms with E-state index >= 15 is 0 Å². The summed E-state index contributed by atoms with van der Waals surface area (Å²) < 4.78 is 10.9. The molecule has 1 heterocycles. The molecule has 0 radical (unpaired) electrons. The predicted octanol–water partition coefficient (Wildman–Crippen LogP) is 3.39. The molecule has 0 bridgehead atoms. The van der Waals surface area contributed by atoms with Crippen molar-refractivity contribution in [1.29, 1.82) is 0 Å². The molecule has 128 valence electrons. The summed E-state index contributed by atoms with van der Waals surface area (Å²) in [4.78, 5) is 20.6. The maximum Gasteiger partial charge on any atom is 0.342 e. The van der Waals surface area contributed by atoms with E-state index in [2.05, 4.69) is 16.9 Å². The van der Waals surface area contributed by atoms with E-state index < -0.39 is 5.97 Å². The highest BCUT2D eigenvalue weighted by molar-refractivity contribution is 5.97. The molecular formula is C18H23N3O3. The highest BCUT2D eigenvalue weighted by Gasteiger charge is 2.20. The summed E-state index contributed by atoms with van der Waals surface area (Å²) in [6.45, 7) is 7.84. The summed E-state index contributed by atoms with van der Waals surface area (Å²) in [5, 5.41) is 0. The third-order valence-electron chi connectivity index (χ3n) is 3.63. The number of hydrogen-bond donors (Lipinski definition) is 1. The van der Waals surface area contributed by atoms with Crippen LogP contribution in [-0.2, 0) is 4.74 Å². The molecule has 6 nitrogen and oxygen atoms in total. The summed E-state index contributed by atoms with van der Waals surface area (Å²) in [7, 11) is 0. The lowest BCUT2D eigenvalue weighted by molar-refractivity contribution is 0.0525. The summed E-state index contributed by atoms with van der Waals surface area (Å²) in [6.07, 6.45) is 1.07. The fourth-order valence-electron chi connectivity index (χ4n) is 2.26. The Morgan fingerprint density at radius 1 is 1.21 bits per heavy atom. The molecule has 1 aromatic carbocycles. The van der Waals surface area contributed by atoms with Gasteiger partial charge in [-0.15, -0.1) is 0 Å². The minimum atomic E-state index is -0.454. The van der Waals surface area contributed by atoms with Crippen molar-refractivity contribution in [1.82, 2.24) is 9.97 Å². The SMILES string of the molecule is CCOC(=O)c1c(C)nc(N)nc1-c1ccc(OC(C)CC)cc1. The predicted molar refractivity (Wildman–Crippen MR) is 93.0 cm³/mol.